The molecule has 0 N–H and O–H groups in total. The maximum atomic E-state index is 12.7. The number of esters is 1. The van der Waals surface area contributed by atoms with Crippen LogP contribution < -0.4 is 9.64 Å². The second kappa shape index (κ2) is 8.90. The molecule has 0 saturated heterocycles. The van der Waals surface area contributed by atoms with Crippen molar-refractivity contribution in [2.45, 2.75) is 39.2 Å². The van der Waals surface area contributed by atoms with Crippen LogP contribution in [-0.2, 0) is 27.2 Å². The number of aryl methyl sites for hydroxylation is 1. The fourth-order valence-electron chi connectivity index (χ4n) is 3.47. The van der Waals surface area contributed by atoms with E-state index in [0.717, 1.165) is 22.6 Å². The van der Waals surface area contributed by atoms with Gasteiger partial charge in [0.1, 0.15) is 5.75 Å². The molecule has 152 valence electrons. The summed E-state index contributed by atoms with van der Waals surface area (Å²) in [7, 11) is 1.60. The Bertz CT molecular complexity index is 919. The average molecular weight is 395 g/mol. The van der Waals surface area contributed by atoms with E-state index in [0.29, 0.717) is 24.9 Å². The number of methoxy groups -OCH3 is 1. The fraction of sp³-hybridized carbons (Fsp3) is 0.348. The zero-order chi connectivity index (χ0) is 21.0. The van der Waals surface area contributed by atoms with Crippen molar-refractivity contribution in [1.29, 1.82) is 0 Å². The van der Waals surface area contributed by atoms with Gasteiger partial charge in [0.15, 0.2) is 6.10 Å². The summed E-state index contributed by atoms with van der Waals surface area (Å²) in [6.07, 6.45) is 0.582. The van der Waals surface area contributed by atoms with E-state index in [4.69, 9.17) is 9.47 Å². The first kappa shape index (κ1) is 20.6. The molecule has 1 heterocycles. The van der Waals surface area contributed by atoms with Crippen LogP contribution in [0, 0.1) is 0 Å². The molecule has 1 unspecified atom stereocenters. The largest absolute Gasteiger partial charge is 0.497 e. The van der Waals surface area contributed by atoms with E-state index >= 15 is 0 Å². The monoisotopic (exact) mass is 395 g/mol. The Morgan fingerprint density at radius 3 is 2.48 bits per heavy atom. The molecule has 1 aliphatic heterocycles. The highest BCUT2D eigenvalue weighted by Crippen LogP contribution is 2.29. The summed E-state index contributed by atoms with van der Waals surface area (Å²) in [5.74, 6) is 0.0933. The smallest absolute Gasteiger partial charge is 0.306 e. The first-order valence-electron chi connectivity index (χ1n) is 9.66. The Morgan fingerprint density at radius 1 is 1.10 bits per heavy atom. The van der Waals surface area contributed by atoms with Gasteiger partial charge in [-0.05, 0) is 61.2 Å². The van der Waals surface area contributed by atoms with Gasteiger partial charge in [-0.25, -0.2) is 0 Å². The lowest BCUT2D eigenvalue weighted by Crippen LogP contribution is -2.26. The third-order valence-electron chi connectivity index (χ3n) is 5.09. The second-order valence-electron chi connectivity index (χ2n) is 7.11. The van der Waals surface area contributed by atoms with Crippen LogP contribution in [0.1, 0.15) is 41.8 Å². The topological polar surface area (TPSA) is 72.9 Å². The third-order valence-corrected chi connectivity index (χ3v) is 5.09. The highest BCUT2D eigenvalue weighted by atomic mass is 16.5. The third kappa shape index (κ3) is 4.83. The summed E-state index contributed by atoms with van der Waals surface area (Å²) in [4.78, 5) is 38.2. The Labute approximate surface area is 170 Å². The average Bonchev–Trinajstić information content (AvgIpc) is 3.15. The van der Waals surface area contributed by atoms with Crippen molar-refractivity contribution in [1.82, 2.24) is 0 Å². The van der Waals surface area contributed by atoms with Crippen LogP contribution in [0.4, 0.5) is 5.69 Å². The van der Waals surface area contributed by atoms with Gasteiger partial charge in [-0.3, -0.25) is 14.4 Å². The number of anilines is 1. The molecule has 0 aliphatic carbocycles. The van der Waals surface area contributed by atoms with Crippen molar-refractivity contribution in [3.8, 4) is 5.75 Å². The fourth-order valence-corrected chi connectivity index (χ4v) is 3.47. The highest BCUT2D eigenvalue weighted by molar-refractivity contribution is 6.01. The molecule has 0 aromatic heterocycles. The number of ether oxygens (including phenoxy) is 2. The number of benzene rings is 2. The second-order valence-corrected chi connectivity index (χ2v) is 7.11. The van der Waals surface area contributed by atoms with Crippen molar-refractivity contribution in [3.05, 3.63) is 59.2 Å². The van der Waals surface area contributed by atoms with Crippen molar-refractivity contribution in [2.75, 3.05) is 18.6 Å². The summed E-state index contributed by atoms with van der Waals surface area (Å²) < 4.78 is 10.4. The predicted molar refractivity (Wildman–Crippen MR) is 109 cm³/mol. The van der Waals surface area contributed by atoms with Gasteiger partial charge in [0.2, 0.25) is 11.7 Å². The number of carbonyl (C=O) groups is 3. The zero-order valence-electron chi connectivity index (χ0n) is 16.9. The van der Waals surface area contributed by atoms with E-state index in [9.17, 15) is 14.4 Å². The molecule has 6 heteroatoms. The van der Waals surface area contributed by atoms with Crippen LogP contribution in [0.25, 0.3) is 0 Å². The number of rotatable bonds is 7. The molecule has 1 atom stereocenters. The first-order chi connectivity index (χ1) is 13.9. The Kier molecular flexibility index (Phi) is 6.32. The minimum absolute atomic E-state index is 0.0121. The van der Waals surface area contributed by atoms with Gasteiger partial charge >= 0.3 is 5.97 Å². The van der Waals surface area contributed by atoms with E-state index in [1.807, 2.05) is 24.3 Å². The van der Waals surface area contributed by atoms with Crippen LogP contribution in [-0.4, -0.2) is 37.4 Å². The molecule has 2 aromatic rings. The maximum Gasteiger partial charge on any atom is 0.306 e. The van der Waals surface area contributed by atoms with Gasteiger partial charge in [-0.1, -0.05) is 12.1 Å². The van der Waals surface area contributed by atoms with Gasteiger partial charge in [-0.2, -0.15) is 0 Å². The van der Waals surface area contributed by atoms with Crippen LogP contribution in [0.3, 0.4) is 0 Å². The normalized spacial score (nSPS) is 13.6. The quantitative estimate of drug-likeness (QED) is 0.531. The molecule has 3 rings (SSSR count). The van der Waals surface area contributed by atoms with E-state index in [1.165, 1.54) is 6.92 Å². The molecule has 2 aromatic carbocycles. The van der Waals surface area contributed by atoms with E-state index in [-0.39, 0.29) is 18.1 Å². The molecule has 0 fully saturated rings. The number of fused-ring (bicyclic) bond motifs is 1. The molecular weight excluding hydrogens is 370 g/mol. The molecule has 6 nitrogen and oxygen atoms in total. The summed E-state index contributed by atoms with van der Waals surface area (Å²) in [6, 6.07) is 12.7. The van der Waals surface area contributed by atoms with Crippen LogP contribution in [0.2, 0.25) is 0 Å². The Morgan fingerprint density at radius 2 is 1.83 bits per heavy atom. The van der Waals surface area contributed by atoms with Gasteiger partial charge < -0.3 is 14.4 Å². The standard InChI is InChI=1S/C23H25NO5/c1-15(29-22(26)11-6-17-4-8-20(28-3)9-5-17)23(27)19-7-10-21-18(14-19)12-13-24(21)16(2)25/h4-5,7-10,14-15H,6,11-13H2,1-3H3. The maximum absolute atomic E-state index is 12.7. The number of hydrogen-bond donors (Lipinski definition) is 0. The number of amides is 1. The number of nitrogens with zero attached hydrogens (tertiary/aromatic N) is 1. The van der Waals surface area contributed by atoms with Crippen molar-refractivity contribution >= 4 is 23.3 Å². The summed E-state index contributed by atoms with van der Waals surface area (Å²) in [6.45, 7) is 3.74. The molecule has 1 amide bonds. The lowest BCUT2D eigenvalue weighted by Gasteiger charge is -2.16. The lowest BCUT2D eigenvalue weighted by molar-refractivity contribution is -0.146. The molecule has 0 radical (unpaired) electrons. The molecular formula is C23H25NO5. The minimum Gasteiger partial charge on any atom is -0.497 e. The zero-order valence-corrected chi connectivity index (χ0v) is 16.9. The Hall–Kier alpha value is -3.15. The van der Waals surface area contributed by atoms with Gasteiger partial charge in [0, 0.05) is 31.1 Å². The first-order valence-corrected chi connectivity index (χ1v) is 9.66. The molecule has 1 aliphatic rings. The summed E-state index contributed by atoms with van der Waals surface area (Å²) in [5.41, 5.74) is 3.29. The van der Waals surface area contributed by atoms with Crippen LogP contribution in [0.15, 0.2) is 42.5 Å². The van der Waals surface area contributed by atoms with Crippen LogP contribution >= 0.6 is 0 Å². The van der Waals surface area contributed by atoms with Gasteiger partial charge in [0.25, 0.3) is 0 Å². The molecule has 29 heavy (non-hydrogen) atoms. The number of carbonyl (C=O) groups excluding carboxylic acids is 3. The van der Waals surface area contributed by atoms with Gasteiger partial charge in [0.05, 0.1) is 7.11 Å². The number of hydrogen-bond acceptors (Lipinski definition) is 5. The highest BCUT2D eigenvalue weighted by Gasteiger charge is 2.25. The lowest BCUT2D eigenvalue weighted by atomic mass is 10.0. The predicted octanol–water partition coefficient (Wildman–Crippen LogP) is 3.35. The van der Waals surface area contributed by atoms with E-state index in [1.54, 1.807) is 37.1 Å². The van der Waals surface area contributed by atoms with E-state index < -0.39 is 12.1 Å². The van der Waals surface area contributed by atoms with Crippen molar-refractivity contribution in [2.24, 2.45) is 0 Å². The Balaban J connectivity index is 1.56. The number of Topliss-reactive ketones (excluding diaryl/α,β-unsaturated/α-hetero) is 1. The summed E-state index contributed by atoms with van der Waals surface area (Å²) >= 11 is 0. The molecule has 0 spiro atoms. The number of ketones is 1. The van der Waals surface area contributed by atoms with Crippen molar-refractivity contribution in [3.63, 3.8) is 0 Å². The van der Waals surface area contributed by atoms with Gasteiger partial charge in [-0.15, -0.1) is 0 Å². The van der Waals surface area contributed by atoms with Crippen molar-refractivity contribution < 1.29 is 23.9 Å². The minimum atomic E-state index is -0.860. The van der Waals surface area contributed by atoms with Crippen LogP contribution in [0.5, 0.6) is 5.75 Å². The molecule has 0 saturated carbocycles. The summed E-state index contributed by atoms with van der Waals surface area (Å²) in [5, 5.41) is 0. The molecule has 0 bridgehead atoms. The van der Waals surface area contributed by atoms with E-state index in [2.05, 4.69) is 0 Å². The SMILES string of the molecule is COc1ccc(CCC(=O)OC(C)C(=O)c2ccc3c(c2)CCN3C(C)=O)cc1.